The van der Waals surface area contributed by atoms with E-state index in [0.717, 1.165) is 56.6 Å². The van der Waals surface area contributed by atoms with Crippen LogP contribution in [0.3, 0.4) is 0 Å². The molecule has 0 unspecified atom stereocenters. The predicted octanol–water partition coefficient (Wildman–Crippen LogP) is 15.3. The molecule has 6 aromatic carbocycles. The van der Waals surface area contributed by atoms with Gasteiger partial charge in [-0.3, -0.25) is 9.78 Å². The minimum atomic E-state index is -4.97. The van der Waals surface area contributed by atoms with Gasteiger partial charge in [0.25, 0.3) is 0 Å². The van der Waals surface area contributed by atoms with Crippen LogP contribution in [0.25, 0.3) is 61.5 Å². The van der Waals surface area contributed by atoms with E-state index in [9.17, 15) is 36.2 Å². The van der Waals surface area contributed by atoms with Crippen LogP contribution in [0.1, 0.15) is 30.7 Å². The largest absolute Gasteiger partial charge is 0.416 e. The minimum Gasteiger partial charge on any atom is -0.395 e. The van der Waals surface area contributed by atoms with E-state index in [1.807, 2.05) is 136 Å². The Morgan fingerprint density at radius 1 is 0.556 bits per heavy atom. The van der Waals surface area contributed by atoms with Gasteiger partial charge < -0.3 is 44.5 Å². The SMILES string of the molecule is CC(=O)Nc1ccc(Nc2nc(-c3ccc4ccccc4c3)cn3ccnc23)cc1.CCN(CCO)c1ccc(Nc2nc(-c3cc(C(F)(F)F)cc(C(F)(F)F)c3)cn3ccnc23)cc1.Clc1ccccc1-c1cn2ccnc2c(NCc2ccccn2)n1. The van der Waals surface area contributed by atoms with Gasteiger partial charge in [0.1, 0.15) is 0 Å². The molecule has 0 saturated carbocycles. The van der Waals surface area contributed by atoms with Gasteiger partial charge in [0.2, 0.25) is 5.91 Å². The smallest absolute Gasteiger partial charge is 0.395 e. The molecule has 13 rings (SSSR count). The Morgan fingerprint density at radius 3 is 1.63 bits per heavy atom. The lowest BCUT2D eigenvalue weighted by atomic mass is 10.0. The molecule has 0 atom stereocenters. The Kier molecular flexibility index (Phi) is 18.0. The van der Waals surface area contributed by atoms with Crippen molar-refractivity contribution in [3.8, 4) is 33.8 Å². The molecule has 13 aromatic rings. The first-order valence-corrected chi connectivity index (χ1v) is 28.4. The number of aromatic nitrogens is 10. The van der Waals surface area contributed by atoms with E-state index >= 15 is 0 Å². The number of carbonyl (C=O) groups excluding carboxylic acids is 1. The summed E-state index contributed by atoms with van der Waals surface area (Å²) < 4.78 is 85.5. The second-order valence-corrected chi connectivity index (χ2v) is 20.7. The molecule has 7 aromatic heterocycles. The van der Waals surface area contributed by atoms with Gasteiger partial charge in [-0.25, -0.2) is 29.9 Å². The normalized spacial score (nSPS) is 11.4. The summed E-state index contributed by atoms with van der Waals surface area (Å²) in [6.07, 6.45) is 7.32. The molecule has 0 fully saturated rings. The van der Waals surface area contributed by atoms with Crippen molar-refractivity contribution in [2.75, 3.05) is 45.9 Å². The zero-order chi connectivity index (χ0) is 62.9. The lowest BCUT2D eigenvalue weighted by Gasteiger charge is -2.22. The van der Waals surface area contributed by atoms with E-state index in [1.165, 1.54) is 40.7 Å². The minimum absolute atomic E-state index is 0.00594. The fraction of sp³-hybridized carbons (Fsp3) is 0.121. The van der Waals surface area contributed by atoms with Crippen molar-refractivity contribution in [1.82, 2.24) is 48.1 Å². The second-order valence-electron chi connectivity index (χ2n) is 20.3. The van der Waals surface area contributed by atoms with Crippen molar-refractivity contribution < 1.29 is 36.2 Å². The molecule has 17 nitrogen and oxygen atoms in total. The molecule has 90 heavy (non-hydrogen) atoms. The Labute approximate surface area is 515 Å². The van der Waals surface area contributed by atoms with Crippen molar-refractivity contribution in [2.45, 2.75) is 32.7 Å². The lowest BCUT2D eigenvalue weighted by Crippen LogP contribution is -2.25. The van der Waals surface area contributed by atoms with Crippen LogP contribution < -0.4 is 26.2 Å². The quantitative estimate of drug-likeness (QED) is 0.0610. The number of nitrogens with zero attached hydrogens (tertiary/aromatic N) is 11. The highest BCUT2D eigenvalue weighted by molar-refractivity contribution is 6.33. The summed E-state index contributed by atoms with van der Waals surface area (Å²) in [6, 6.07) is 44.1. The maximum Gasteiger partial charge on any atom is 0.416 e. The molecule has 7 heterocycles. The van der Waals surface area contributed by atoms with Gasteiger partial charge in [-0.2, -0.15) is 26.3 Å². The fourth-order valence-electron chi connectivity index (χ4n) is 9.75. The molecule has 0 saturated heterocycles. The zero-order valence-corrected chi connectivity index (χ0v) is 48.7. The van der Waals surface area contributed by atoms with Gasteiger partial charge in [-0.1, -0.05) is 72.3 Å². The molecule has 0 radical (unpaired) electrons. The Hall–Kier alpha value is -10.9. The molecule has 5 N–H and O–H groups in total. The molecule has 1 amide bonds. The third-order valence-electron chi connectivity index (χ3n) is 14.1. The van der Waals surface area contributed by atoms with Crippen LogP contribution in [0, 0.1) is 0 Å². The van der Waals surface area contributed by atoms with Crippen LogP contribution >= 0.6 is 11.6 Å². The van der Waals surface area contributed by atoms with Crippen LogP contribution in [0.4, 0.5) is 66.5 Å². The number of amides is 1. The Balaban J connectivity index is 0.000000141. The van der Waals surface area contributed by atoms with Crippen LogP contribution in [0.5, 0.6) is 0 Å². The number of hydrogen-bond acceptors (Lipinski definition) is 13. The first kappa shape index (κ1) is 60.8. The first-order chi connectivity index (χ1) is 43.5. The number of fused-ring (bicyclic) bond motifs is 4. The number of likely N-dealkylation sites (N-methyl/N-ethyl adjacent to an activating group) is 1. The highest BCUT2D eigenvalue weighted by Gasteiger charge is 2.37. The van der Waals surface area contributed by atoms with E-state index in [4.69, 9.17) is 21.6 Å². The number of hydrogen-bond donors (Lipinski definition) is 5. The van der Waals surface area contributed by atoms with E-state index in [0.29, 0.717) is 59.8 Å². The number of rotatable bonds is 15. The van der Waals surface area contributed by atoms with Crippen molar-refractivity contribution in [3.05, 3.63) is 235 Å². The van der Waals surface area contributed by atoms with E-state index in [2.05, 4.69) is 76.5 Å². The Bertz CT molecular complexity index is 4600. The number of alkyl halides is 6. The lowest BCUT2D eigenvalue weighted by molar-refractivity contribution is -0.143. The summed E-state index contributed by atoms with van der Waals surface area (Å²) in [5.41, 5.74) is 6.10. The van der Waals surface area contributed by atoms with Crippen molar-refractivity contribution in [3.63, 3.8) is 0 Å². The topological polar surface area (TPSA) is 192 Å². The third kappa shape index (κ3) is 14.4. The summed E-state index contributed by atoms with van der Waals surface area (Å²) in [5, 5.41) is 24.7. The number of pyridine rings is 1. The standard InChI is InChI=1S/C24H21F6N5O.C24H19N5O.C18H14ClN5/c1-2-34(9-10-36)19-5-3-18(4-6-19)32-21-22-31-7-8-35(22)14-20(33-21)15-11-16(23(25,26)27)13-17(12-15)24(28,29)30;1-16(30)26-20-8-10-21(11-9-20)27-23-24-25-12-13-29(24)15-22(28-23)19-7-6-17-4-2-3-5-18(17)14-19;19-15-7-2-1-6-14(15)16-12-24-10-9-21-18(24)17(23-16)22-11-13-5-3-4-8-20-13/h3-8,11-14,36H,2,9-10H2,1H3,(H,32,33);2-15H,1H3,(H,26,30)(H,27,28);1-10,12H,11H2,(H,22,23). The van der Waals surface area contributed by atoms with Crippen molar-refractivity contribution >= 4 is 85.4 Å². The molecular weight excluding hydrogens is 1180 g/mol. The summed E-state index contributed by atoms with van der Waals surface area (Å²) in [6.45, 7) is 5.14. The van der Waals surface area contributed by atoms with Gasteiger partial charge in [0.15, 0.2) is 34.4 Å². The highest BCUT2D eigenvalue weighted by atomic mass is 35.5. The van der Waals surface area contributed by atoms with Gasteiger partial charge in [0.05, 0.1) is 52.1 Å². The van der Waals surface area contributed by atoms with Gasteiger partial charge >= 0.3 is 12.4 Å². The summed E-state index contributed by atoms with van der Waals surface area (Å²) >= 11 is 6.31. The Morgan fingerprint density at radius 2 is 1.08 bits per heavy atom. The number of aliphatic hydroxyl groups is 1. The molecule has 0 bridgehead atoms. The second kappa shape index (κ2) is 26.6. The number of aliphatic hydroxyl groups excluding tert-OH is 1. The first-order valence-electron chi connectivity index (χ1n) is 28.0. The van der Waals surface area contributed by atoms with Crippen LogP contribution in [-0.4, -0.2) is 78.8 Å². The third-order valence-corrected chi connectivity index (χ3v) is 14.4. The number of halogens is 7. The fourth-order valence-corrected chi connectivity index (χ4v) is 9.98. The van der Waals surface area contributed by atoms with Crippen molar-refractivity contribution in [1.29, 1.82) is 0 Å². The molecular formula is C66H54ClF6N15O2. The molecule has 0 aliphatic carbocycles. The van der Waals surface area contributed by atoms with Gasteiger partial charge in [0, 0.05) is 121 Å². The van der Waals surface area contributed by atoms with Gasteiger partial charge in [-0.15, -0.1) is 0 Å². The maximum atomic E-state index is 13.4. The monoisotopic (exact) mass is 1240 g/mol. The number of carbonyl (C=O) groups is 1. The number of anilines is 7. The average Bonchev–Trinajstić information content (AvgIpc) is 1.54. The molecule has 0 aliphatic rings. The average molecular weight is 1240 g/mol. The number of nitrogens with one attached hydrogen (secondary N) is 4. The predicted molar refractivity (Wildman–Crippen MR) is 338 cm³/mol. The van der Waals surface area contributed by atoms with E-state index in [1.54, 1.807) is 30.7 Å². The van der Waals surface area contributed by atoms with Crippen LogP contribution in [0.2, 0.25) is 5.02 Å². The number of imidazole rings is 3. The van der Waals surface area contributed by atoms with Crippen LogP contribution in [0.15, 0.2) is 214 Å². The summed E-state index contributed by atoms with van der Waals surface area (Å²) in [5.74, 6) is 1.42. The maximum absolute atomic E-state index is 13.4. The molecule has 0 spiro atoms. The molecule has 454 valence electrons. The van der Waals surface area contributed by atoms with Crippen molar-refractivity contribution in [2.24, 2.45) is 0 Å². The summed E-state index contributed by atoms with van der Waals surface area (Å²) in [4.78, 5) is 44.4. The van der Waals surface area contributed by atoms with Crippen LogP contribution in [-0.2, 0) is 23.7 Å². The molecule has 0 aliphatic heterocycles. The highest BCUT2D eigenvalue weighted by Crippen LogP contribution is 2.39. The van der Waals surface area contributed by atoms with Gasteiger partial charge in [-0.05, 0) is 109 Å². The number of benzene rings is 6. The van der Waals surface area contributed by atoms with E-state index in [-0.39, 0.29) is 35.7 Å². The zero-order valence-electron chi connectivity index (χ0n) is 48.0. The molecule has 24 heteroatoms. The summed E-state index contributed by atoms with van der Waals surface area (Å²) in [7, 11) is 0. The van der Waals surface area contributed by atoms with E-state index < -0.39 is 23.5 Å².